The summed E-state index contributed by atoms with van der Waals surface area (Å²) < 4.78 is 5.36. The Balaban J connectivity index is 1.80. The van der Waals surface area contributed by atoms with E-state index in [2.05, 4.69) is 10.3 Å². The molecule has 1 atom stereocenters. The number of nitrogens with zero attached hydrogens (tertiary/aromatic N) is 1. The lowest BCUT2D eigenvalue weighted by molar-refractivity contribution is -0.126. The van der Waals surface area contributed by atoms with Crippen molar-refractivity contribution >= 4 is 22.4 Å². The van der Waals surface area contributed by atoms with Gasteiger partial charge in [-0.2, -0.15) is 0 Å². The van der Waals surface area contributed by atoms with Crippen molar-refractivity contribution in [1.29, 1.82) is 0 Å². The Morgan fingerprint density at radius 3 is 2.33 bits per heavy atom. The highest BCUT2D eigenvalue weighted by Gasteiger charge is 2.21. The molecule has 1 N–H and O–H groups in total. The van der Waals surface area contributed by atoms with E-state index in [1.165, 1.54) is 18.4 Å². The Hall–Kier alpha value is -2.50. The number of hydrogen-bond donors (Lipinski definition) is 1. The first kappa shape index (κ1) is 16.4. The van der Waals surface area contributed by atoms with Crippen LogP contribution in [0.4, 0.5) is 5.13 Å². The van der Waals surface area contributed by atoms with E-state index in [0.717, 1.165) is 21.7 Å². The minimum atomic E-state index is -0.657. The first-order chi connectivity index (χ1) is 11.7. The molecule has 0 aliphatic carbocycles. The average molecular weight is 338 g/mol. The van der Waals surface area contributed by atoms with Gasteiger partial charge in [-0.1, -0.05) is 60.7 Å². The second kappa shape index (κ2) is 7.38. The van der Waals surface area contributed by atoms with E-state index >= 15 is 0 Å². The van der Waals surface area contributed by atoms with E-state index in [1.54, 1.807) is 0 Å². The Bertz CT molecular complexity index is 816. The van der Waals surface area contributed by atoms with Crippen molar-refractivity contribution in [3.05, 3.63) is 71.1 Å². The average Bonchev–Trinajstić information content (AvgIpc) is 2.97. The van der Waals surface area contributed by atoms with Gasteiger partial charge in [-0.3, -0.25) is 10.1 Å². The number of rotatable bonds is 5. The molecule has 0 fully saturated rings. The lowest BCUT2D eigenvalue weighted by Crippen LogP contribution is -2.22. The molecule has 0 saturated carbocycles. The fourth-order valence-corrected chi connectivity index (χ4v) is 3.35. The summed E-state index contributed by atoms with van der Waals surface area (Å²) in [5.41, 5.74) is 2.75. The van der Waals surface area contributed by atoms with E-state index in [-0.39, 0.29) is 5.91 Å². The lowest BCUT2D eigenvalue weighted by atomic mass is 10.1. The summed E-state index contributed by atoms with van der Waals surface area (Å²) in [6, 6.07) is 19.4. The number of hydrogen-bond acceptors (Lipinski definition) is 4. The highest BCUT2D eigenvalue weighted by atomic mass is 32.1. The van der Waals surface area contributed by atoms with Gasteiger partial charge < -0.3 is 4.74 Å². The molecule has 0 spiro atoms. The first-order valence-electron chi connectivity index (χ1n) is 7.60. The van der Waals surface area contributed by atoms with Crippen LogP contribution in [0.2, 0.25) is 0 Å². The summed E-state index contributed by atoms with van der Waals surface area (Å²) in [6.45, 7) is 2.00. The largest absolute Gasteiger partial charge is 0.367 e. The predicted molar refractivity (Wildman–Crippen MR) is 97.1 cm³/mol. The minimum absolute atomic E-state index is 0.225. The number of anilines is 1. The number of carbonyl (C=O) groups is 1. The third-order valence-corrected chi connectivity index (χ3v) is 4.54. The number of ether oxygens (including phenoxy) is 1. The number of aryl methyl sites for hydroxylation is 1. The van der Waals surface area contributed by atoms with Crippen LogP contribution in [0.15, 0.2) is 60.7 Å². The summed E-state index contributed by atoms with van der Waals surface area (Å²) >= 11 is 1.46. The van der Waals surface area contributed by atoms with Crippen LogP contribution in [0.1, 0.15) is 16.5 Å². The molecule has 3 aromatic rings. The van der Waals surface area contributed by atoms with Crippen molar-refractivity contribution in [1.82, 2.24) is 4.98 Å². The fraction of sp³-hybridized carbons (Fsp3) is 0.158. The van der Waals surface area contributed by atoms with Gasteiger partial charge in [-0.25, -0.2) is 4.98 Å². The zero-order valence-electron chi connectivity index (χ0n) is 13.5. The SMILES string of the molecule is COC(C(=O)Nc1nc(-c2ccccc2)c(C)s1)c1ccccc1. The topological polar surface area (TPSA) is 51.2 Å². The molecule has 4 nitrogen and oxygen atoms in total. The number of carbonyl (C=O) groups excluding carboxylic acids is 1. The van der Waals surface area contributed by atoms with Gasteiger partial charge in [0, 0.05) is 17.6 Å². The number of thiazole rings is 1. The molecule has 5 heteroatoms. The van der Waals surface area contributed by atoms with Crippen LogP contribution in [0.3, 0.4) is 0 Å². The summed E-state index contributed by atoms with van der Waals surface area (Å²) in [5, 5.41) is 3.44. The van der Waals surface area contributed by atoms with Crippen LogP contribution in [0.25, 0.3) is 11.3 Å². The van der Waals surface area contributed by atoms with Crippen molar-refractivity contribution in [3.63, 3.8) is 0 Å². The second-order valence-corrected chi connectivity index (χ2v) is 6.51. The fourth-order valence-electron chi connectivity index (χ4n) is 2.51. The van der Waals surface area contributed by atoms with E-state index in [1.807, 2.05) is 67.6 Å². The van der Waals surface area contributed by atoms with Gasteiger partial charge in [-0.05, 0) is 12.5 Å². The normalized spacial score (nSPS) is 11.9. The van der Waals surface area contributed by atoms with E-state index < -0.39 is 6.10 Å². The van der Waals surface area contributed by atoms with Crippen LogP contribution in [-0.2, 0) is 9.53 Å². The maximum atomic E-state index is 12.5. The standard InChI is InChI=1S/C19H18N2O2S/c1-13-16(14-9-5-3-6-10-14)20-19(24-13)21-18(22)17(23-2)15-11-7-4-8-12-15/h3-12,17H,1-2H3,(H,20,21,22). The van der Waals surface area contributed by atoms with Gasteiger partial charge in [-0.15, -0.1) is 11.3 Å². The highest BCUT2D eigenvalue weighted by Crippen LogP contribution is 2.31. The molecule has 1 amide bonds. The monoisotopic (exact) mass is 338 g/mol. The number of methoxy groups -OCH3 is 1. The molecule has 122 valence electrons. The van der Waals surface area contributed by atoms with Crippen LogP contribution in [0, 0.1) is 6.92 Å². The van der Waals surface area contributed by atoms with Crippen LogP contribution < -0.4 is 5.32 Å². The van der Waals surface area contributed by atoms with E-state index in [4.69, 9.17) is 4.74 Å². The summed E-state index contributed by atoms with van der Waals surface area (Å²) in [7, 11) is 1.53. The van der Waals surface area contributed by atoms with Gasteiger partial charge in [0.15, 0.2) is 11.2 Å². The van der Waals surface area contributed by atoms with Crippen molar-refractivity contribution in [2.24, 2.45) is 0 Å². The number of nitrogens with one attached hydrogen (secondary N) is 1. The van der Waals surface area contributed by atoms with Crippen molar-refractivity contribution in [2.45, 2.75) is 13.0 Å². The highest BCUT2D eigenvalue weighted by molar-refractivity contribution is 7.16. The van der Waals surface area contributed by atoms with Crippen LogP contribution >= 0.6 is 11.3 Å². The molecular weight excluding hydrogens is 320 g/mol. The molecule has 1 heterocycles. The summed E-state index contributed by atoms with van der Waals surface area (Å²) in [6.07, 6.45) is -0.657. The smallest absolute Gasteiger partial charge is 0.259 e. The first-order valence-corrected chi connectivity index (χ1v) is 8.42. The molecule has 0 aliphatic heterocycles. The molecule has 2 aromatic carbocycles. The Labute approximate surface area is 145 Å². The van der Waals surface area contributed by atoms with Crippen molar-refractivity contribution in [2.75, 3.05) is 12.4 Å². The molecule has 0 radical (unpaired) electrons. The molecule has 24 heavy (non-hydrogen) atoms. The molecule has 0 saturated heterocycles. The predicted octanol–water partition coefficient (Wildman–Crippen LogP) is 4.44. The zero-order valence-corrected chi connectivity index (χ0v) is 14.3. The van der Waals surface area contributed by atoms with Crippen LogP contribution in [-0.4, -0.2) is 18.0 Å². The number of benzene rings is 2. The van der Waals surface area contributed by atoms with Gasteiger partial charge in [0.1, 0.15) is 0 Å². The maximum Gasteiger partial charge on any atom is 0.259 e. The summed E-state index contributed by atoms with van der Waals surface area (Å²) in [4.78, 5) is 18.2. The Kier molecular flexibility index (Phi) is 5.03. The molecule has 3 rings (SSSR count). The van der Waals surface area contributed by atoms with Gasteiger partial charge in [0.05, 0.1) is 5.69 Å². The summed E-state index contributed by atoms with van der Waals surface area (Å²) in [5.74, 6) is -0.225. The van der Waals surface area contributed by atoms with Gasteiger partial charge in [0.25, 0.3) is 5.91 Å². The van der Waals surface area contributed by atoms with Crippen molar-refractivity contribution in [3.8, 4) is 11.3 Å². The number of amides is 1. The maximum absolute atomic E-state index is 12.5. The molecule has 1 aromatic heterocycles. The lowest BCUT2D eigenvalue weighted by Gasteiger charge is -2.14. The van der Waals surface area contributed by atoms with Crippen molar-refractivity contribution < 1.29 is 9.53 Å². The minimum Gasteiger partial charge on any atom is -0.367 e. The Morgan fingerprint density at radius 1 is 1.08 bits per heavy atom. The molecular formula is C19H18N2O2S. The number of aromatic nitrogens is 1. The third kappa shape index (κ3) is 3.53. The molecule has 1 unspecified atom stereocenters. The molecule has 0 aliphatic rings. The van der Waals surface area contributed by atoms with Gasteiger partial charge >= 0.3 is 0 Å². The van der Waals surface area contributed by atoms with E-state index in [0.29, 0.717) is 5.13 Å². The van der Waals surface area contributed by atoms with E-state index in [9.17, 15) is 4.79 Å². The third-order valence-electron chi connectivity index (χ3n) is 3.65. The zero-order chi connectivity index (χ0) is 16.9. The Morgan fingerprint density at radius 2 is 1.71 bits per heavy atom. The second-order valence-electron chi connectivity index (χ2n) is 5.31. The molecule has 0 bridgehead atoms. The quantitative estimate of drug-likeness (QED) is 0.748. The van der Waals surface area contributed by atoms with Gasteiger partial charge in [0.2, 0.25) is 0 Å². The van der Waals surface area contributed by atoms with Crippen LogP contribution in [0.5, 0.6) is 0 Å².